The van der Waals surface area contributed by atoms with Crippen molar-refractivity contribution in [1.29, 1.82) is 0 Å². The fourth-order valence-electron chi connectivity index (χ4n) is 3.34. The molecule has 4 aromatic rings. The summed E-state index contributed by atoms with van der Waals surface area (Å²) in [4.78, 5) is 37.5. The molecule has 194 valence electrons. The Labute approximate surface area is 221 Å². The lowest BCUT2D eigenvalue weighted by Crippen LogP contribution is -2.38. The Kier molecular flexibility index (Phi) is 8.19. The minimum absolute atomic E-state index is 0.0393. The molecular formula is C26H23ClN6O5. The minimum atomic E-state index is -0.688. The van der Waals surface area contributed by atoms with Gasteiger partial charge in [0.2, 0.25) is 5.62 Å². The molecule has 1 amide bonds. The molecule has 38 heavy (non-hydrogen) atoms. The molecule has 2 aromatic heterocycles. The normalized spacial score (nSPS) is 12.4. The van der Waals surface area contributed by atoms with E-state index in [1.807, 2.05) is 0 Å². The second-order valence-electron chi connectivity index (χ2n) is 7.93. The van der Waals surface area contributed by atoms with Gasteiger partial charge in [-0.15, -0.1) is 0 Å². The number of ether oxygens (including phenoxy) is 1. The smallest absolute Gasteiger partial charge is 0.278 e. The number of aliphatic imine (C=N–C) groups is 1. The molecule has 12 heteroatoms. The summed E-state index contributed by atoms with van der Waals surface area (Å²) < 4.78 is 11.7. The molecule has 0 fully saturated rings. The van der Waals surface area contributed by atoms with Crippen molar-refractivity contribution in [2.75, 3.05) is 12.4 Å². The first-order chi connectivity index (χ1) is 18.3. The fourth-order valence-corrected chi connectivity index (χ4v) is 3.47. The molecule has 2 aromatic carbocycles. The second-order valence-corrected chi connectivity index (χ2v) is 8.37. The van der Waals surface area contributed by atoms with Gasteiger partial charge in [-0.3, -0.25) is 19.1 Å². The van der Waals surface area contributed by atoms with E-state index in [0.717, 1.165) is 5.56 Å². The molecule has 0 aliphatic heterocycles. The van der Waals surface area contributed by atoms with Gasteiger partial charge in [-0.25, -0.2) is 4.99 Å². The van der Waals surface area contributed by atoms with Crippen LogP contribution in [0.1, 0.15) is 12.5 Å². The van der Waals surface area contributed by atoms with Crippen LogP contribution in [0.25, 0.3) is 0 Å². The first-order valence-corrected chi connectivity index (χ1v) is 11.6. The van der Waals surface area contributed by atoms with Gasteiger partial charge < -0.3 is 24.7 Å². The van der Waals surface area contributed by atoms with Crippen molar-refractivity contribution in [3.8, 4) is 11.6 Å². The Hall–Kier alpha value is -4.90. The first-order valence-electron chi connectivity index (χ1n) is 11.3. The number of aliphatic hydroxyl groups is 1. The van der Waals surface area contributed by atoms with Crippen LogP contribution >= 0.6 is 11.6 Å². The molecule has 11 nitrogen and oxygen atoms in total. The van der Waals surface area contributed by atoms with E-state index in [1.165, 1.54) is 37.2 Å². The van der Waals surface area contributed by atoms with Crippen LogP contribution in [0.5, 0.6) is 11.6 Å². The molecule has 0 aliphatic carbocycles. The van der Waals surface area contributed by atoms with E-state index in [0.29, 0.717) is 22.3 Å². The van der Waals surface area contributed by atoms with Crippen molar-refractivity contribution < 1.29 is 19.2 Å². The number of carbonyl (C=O) groups is 1. The van der Waals surface area contributed by atoms with E-state index in [4.69, 9.17) is 20.9 Å². The van der Waals surface area contributed by atoms with Crippen molar-refractivity contribution in [3.05, 3.63) is 105 Å². The number of aromatic amines is 1. The van der Waals surface area contributed by atoms with Gasteiger partial charge in [0.1, 0.15) is 23.5 Å². The number of nitrogens with one attached hydrogen (secondary N) is 2. The summed E-state index contributed by atoms with van der Waals surface area (Å²) in [6.45, 7) is 1.49. The summed E-state index contributed by atoms with van der Waals surface area (Å²) in [5, 5.41) is 16.6. The topological polar surface area (TPSA) is 147 Å². The zero-order valence-electron chi connectivity index (χ0n) is 20.4. The third kappa shape index (κ3) is 6.45. The number of halogens is 1. The van der Waals surface area contributed by atoms with E-state index in [2.05, 4.69) is 25.4 Å². The van der Waals surface area contributed by atoms with Crippen LogP contribution < -0.4 is 21.2 Å². The minimum Gasteiger partial charge on any atom is -0.512 e. The van der Waals surface area contributed by atoms with E-state index < -0.39 is 11.5 Å². The molecule has 0 bridgehead atoms. The van der Waals surface area contributed by atoms with E-state index >= 15 is 0 Å². The van der Waals surface area contributed by atoms with Gasteiger partial charge in [0.25, 0.3) is 17.3 Å². The average Bonchev–Trinajstić information content (AvgIpc) is 3.41. The van der Waals surface area contributed by atoms with Gasteiger partial charge in [-0.2, -0.15) is 0 Å². The molecule has 0 spiro atoms. The Morgan fingerprint density at radius 3 is 2.58 bits per heavy atom. The maximum atomic E-state index is 13.5. The molecule has 0 atom stereocenters. The highest BCUT2D eigenvalue weighted by molar-refractivity contribution is 6.30. The molecule has 2 heterocycles. The van der Waals surface area contributed by atoms with E-state index in [-0.39, 0.29) is 29.2 Å². The Morgan fingerprint density at radius 2 is 1.95 bits per heavy atom. The number of anilines is 1. The maximum absolute atomic E-state index is 13.5. The summed E-state index contributed by atoms with van der Waals surface area (Å²) in [5.41, 5.74) is 0.930. The molecule has 4 rings (SSSR count). The largest absolute Gasteiger partial charge is 0.512 e. The lowest BCUT2D eigenvalue weighted by molar-refractivity contribution is -0.112. The van der Waals surface area contributed by atoms with Gasteiger partial charge in [0.15, 0.2) is 0 Å². The molecule has 0 saturated carbocycles. The number of benzene rings is 2. The zero-order chi connectivity index (χ0) is 27.1. The number of hydrogen-bond donors (Lipinski definition) is 3. The van der Waals surface area contributed by atoms with Crippen LogP contribution in [-0.4, -0.2) is 39.0 Å². The number of rotatable bonds is 8. The summed E-state index contributed by atoms with van der Waals surface area (Å²) in [7, 11) is 1.46. The van der Waals surface area contributed by atoms with Gasteiger partial charge in [-0.05, 0) is 54.0 Å². The van der Waals surface area contributed by atoms with Gasteiger partial charge in [0, 0.05) is 30.5 Å². The third-order valence-electron chi connectivity index (χ3n) is 5.18. The van der Waals surface area contributed by atoms with Gasteiger partial charge >= 0.3 is 0 Å². The number of amides is 1. The van der Waals surface area contributed by atoms with Crippen molar-refractivity contribution in [2.45, 2.75) is 13.5 Å². The van der Waals surface area contributed by atoms with Gasteiger partial charge in [-0.1, -0.05) is 23.7 Å². The second kappa shape index (κ2) is 11.9. The summed E-state index contributed by atoms with van der Waals surface area (Å²) >= 11 is 6.01. The standard InChI is InChI=1S/C26H23ClN6O5/c1-16(34)21(13-28-2)24(35)31-22-14-29-26(33(25(22)36)15-17-3-5-18(27)6-4-17)30-19-7-9-20(10-8-19)38-23-11-12-37-32-23/h3-14,34H,15H2,1-2H3,(H,29,30)(H,31,35)/b21-16+,28-13+. The number of aromatic nitrogens is 3. The molecule has 0 saturated heterocycles. The van der Waals surface area contributed by atoms with Crippen molar-refractivity contribution in [3.63, 3.8) is 0 Å². The summed E-state index contributed by atoms with van der Waals surface area (Å²) in [6.07, 6.45) is 3.95. The maximum Gasteiger partial charge on any atom is 0.278 e. The number of aliphatic hydroxyl groups excluding tert-OH is 1. The summed E-state index contributed by atoms with van der Waals surface area (Å²) in [6, 6.07) is 15.4. The SMILES string of the molecule is C/N=C/C(C(=O)Nc1c[nH]/c(=N\c2ccc(Oc3ccon3)cc2)n(Cc2ccc(Cl)cc2)c1=O)=C(/C)O. The lowest BCUT2D eigenvalue weighted by Gasteiger charge is -2.11. The Morgan fingerprint density at radius 1 is 1.21 bits per heavy atom. The van der Waals surface area contributed by atoms with Gasteiger partial charge in [0.05, 0.1) is 17.8 Å². The quantitative estimate of drug-likeness (QED) is 0.174. The molecule has 0 unspecified atom stereocenters. The van der Waals surface area contributed by atoms with Crippen molar-refractivity contribution in [2.24, 2.45) is 9.98 Å². The number of hydrogen-bond acceptors (Lipinski definition) is 8. The molecule has 0 radical (unpaired) electrons. The lowest BCUT2D eigenvalue weighted by atomic mass is 10.2. The van der Waals surface area contributed by atoms with Crippen LogP contribution in [-0.2, 0) is 11.3 Å². The van der Waals surface area contributed by atoms with E-state index in [9.17, 15) is 14.7 Å². The van der Waals surface area contributed by atoms with E-state index in [1.54, 1.807) is 54.6 Å². The Balaban J connectivity index is 1.71. The molecular weight excluding hydrogens is 512 g/mol. The third-order valence-corrected chi connectivity index (χ3v) is 5.43. The van der Waals surface area contributed by atoms with Crippen LogP contribution in [0.3, 0.4) is 0 Å². The van der Waals surface area contributed by atoms with Crippen molar-refractivity contribution in [1.82, 2.24) is 14.7 Å². The zero-order valence-corrected chi connectivity index (χ0v) is 21.1. The van der Waals surface area contributed by atoms with Crippen LogP contribution in [0, 0.1) is 0 Å². The number of nitrogens with zero attached hydrogens (tertiary/aromatic N) is 4. The molecule has 0 aliphatic rings. The fraction of sp³-hybridized carbons (Fsp3) is 0.115. The number of allylic oxidation sites excluding steroid dienone is 1. The highest BCUT2D eigenvalue weighted by atomic mass is 35.5. The van der Waals surface area contributed by atoms with Crippen LogP contribution in [0.2, 0.25) is 5.02 Å². The summed E-state index contributed by atoms with van der Waals surface area (Å²) in [5.74, 6) is -0.0816. The number of carbonyl (C=O) groups excluding carboxylic acids is 1. The van der Waals surface area contributed by atoms with Crippen LogP contribution in [0.4, 0.5) is 11.4 Å². The first kappa shape index (κ1) is 26.2. The highest BCUT2D eigenvalue weighted by Crippen LogP contribution is 2.22. The van der Waals surface area contributed by atoms with Crippen LogP contribution in [0.15, 0.2) is 97.7 Å². The van der Waals surface area contributed by atoms with Crippen molar-refractivity contribution >= 4 is 35.1 Å². The predicted octanol–water partition coefficient (Wildman–Crippen LogP) is 4.36. The highest BCUT2D eigenvalue weighted by Gasteiger charge is 2.15. The average molecular weight is 535 g/mol. The monoisotopic (exact) mass is 534 g/mol. The number of H-pyrrole nitrogens is 1. The predicted molar refractivity (Wildman–Crippen MR) is 142 cm³/mol. The Bertz CT molecular complexity index is 1600. The molecule has 3 N–H and O–H groups in total.